The van der Waals surface area contributed by atoms with Crippen LogP contribution in [-0.2, 0) is 5.88 Å². The second-order valence-electron chi connectivity index (χ2n) is 2.97. The van der Waals surface area contributed by atoms with Crippen LogP contribution in [-0.4, -0.2) is 29.5 Å². The maximum absolute atomic E-state index is 12.1. The molecule has 0 aliphatic carbocycles. The average molecular weight is 286 g/mol. The number of methoxy groups -OCH3 is 1. The monoisotopic (exact) mass is 285 g/mol. The van der Waals surface area contributed by atoms with E-state index in [-0.39, 0.29) is 5.75 Å². The summed E-state index contributed by atoms with van der Waals surface area (Å²) in [6.07, 6.45) is -4.17. The highest BCUT2D eigenvalue weighted by Gasteiger charge is 2.34. The van der Waals surface area contributed by atoms with Crippen LogP contribution < -0.4 is 9.47 Å². The number of pyridine rings is 1. The van der Waals surface area contributed by atoms with Gasteiger partial charge in [-0.25, -0.2) is 9.78 Å². The molecule has 0 radical (unpaired) electrons. The summed E-state index contributed by atoms with van der Waals surface area (Å²) in [7, 11) is 1.16. The van der Waals surface area contributed by atoms with Gasteiger partial charge in [-0.15, -0.1) is 24.8 Å². The van der Waals surface area contributed by atoms with Crippen molar-refractivity contribution < 1.29 is 32.5 Å². The normalized spacial score (nSPS) is 11.2. The Hall–Kier alpha value is -1.70. The van der Waals surface area contributed by atoms with Crippen molar-refractivity contribution >= 4 is 17.6 Å². The third kappa shape index (κ3) is 3.16. The van der Waals surface area contributed by atoms with Gasteiger partial charge >= 0.3 is 12.3 Å². The molecule has 18 heavy (non-hydrogen) atoms. The summed E-state index contributed by atoms with van der Waals surface area (Å²) in [5, 5.41) is 8.93. The molecule has 0 aliphatic heterocycles. The highest BCUT2D eigenvalue weighted by atomic mass is 35.5. The zero-order chi connectivity index (χ0) is 13.9. The molecule has 1 N–H and O–H groups in total. The van der Waals surface area contributed by atoms with Crippen LogP contribution in [0.25, 0.3) is 0 Å². The quantitative estimate of drug-likeness (QED) is 0.861. The van der Waals surface area contributed by atoms with Gasteiger partial charge in [-0.05, 0) is 0 Å². The fourth-order valence-electron chi connectivity index (χ4n) is 1.23. The molecule has 1 heterocycles. The van der Waals surface area contributed by atoms with Crippen molar-refractivity contribution in [3.63, 3.8) is 0 Å². The molecule has 0 fully saturated rings. The molecule has 100 valence electrons. The van der Waals surface area contributed by atoms with E-state index in [4.69, 9.17) is 21.4 Å². The van der Waals surface area contributed by atoms with Gasteiger partial charge in [0.25, 0.3) is 0 Å². The average Bonchev–Trinajstić information content (AvgIpc) is 2.26. The Bertz CT molecular complexity index is 464. The van der Waals surface area contributed by atoms with Gasteiger partial charge < -0.3 is 14.6 Å². The number of aromatic nitrogens is 1. The van der Waals surface area contributed by atoms with Crippen LogP contribution in [0.1, 0.15) is 15.9 Å². The summed E-state index contributed by atoms with van der Waals surface area (Å²) in [5.74, 6) is -3.11. The van der Waals surface area contributed by atoms with Gasteiger partial charge in [0.1, 0.15) is 5.56 Å². The Kier molecular flexibility index (Phi) is 4.23. The van der Waals surface area contributed by atoms with Crippen LogP contribution in [0.15, 0.2) is 6.20 Å². The molecule has 0 saturated carbocycles. The van der Waals surface area contributed by atoms with Gasteiger partial charge in [0.05, 0.1) is 19.2 Å². The number of ether oxygens (including phenoxy) is 2. The number of carboxylic acid groups (broad SMARTS) is 1. The number of aromatic carboxylic acids is 1. The molecule has 1 aromatic rings. The van der Waals surface area contributed by atoms with E-state index in [0.717, 1.165) is 13.3 Å². The zero-order valence-corrected chi connectivity index (χ0v) is 9.67. The van der Waals surface area contributed by atoms with Crippen LogP contribution in [0, 0.1) is 0 Å². The van der Waals surface area contributed by atoms with E-state index in [0.29, 0.717) is 0 Å². The molecule has 9 heteroatoms. The van der Waals surface area contributed by atoms with Gasteiger partial charge in [-0.3, -0.25) is 0 Å². The lowest BCUT2D eigenvalue weighted by atomic mass is 10.1. The highest BCUT2D eigenvalue weighted by molar-refractivity contribution is 6.18. The topological polar surface area (TPSA) is 68.7 Å². The fourth-order valence-corrected chi connectivity index (χ4v) is 1.47. The molecular formula is C9H7ClF3NO4. The molecule has 0 spiro atoms. The van der Waals surface area contributed by atoms with Gasteiger partial charge in [0.15, 0.2) is 5.75 Å². The van der Waals surface area contributed by atoms with Crippen molar-refractivity contribution in [3.05, 3.63) is 17.3 Å². The van der Waals surface area contributed by atoms with E-state index in [1.807, 2.05) is 0 Å². The number of hydrogen-bond donors (Lipinski definition) is 1. The van der Waals surface area contributed by atoms with E-state index in [2.05, 4.69) is 9.72 Å². The third-order valence-corrected chi connectivity index (χ3v) is 2.15. The van der Waals surface area contributed by atoms with Crippen LogP contribution in [0.2, 0.25) is 0 Å². The maximum Gasteiger partial charge on any atom is 0.574 e. The Labute approximate surface area is 104 Å². The molecule has 0 bridgehead atoms. The minimum Gasteiger partial charge on any atom is -0.494 e. The lowest BCUT2D eigenvalue weighted by Crippen LogP contribution is -2.20. The van der Waals surface area contributed by atoms with Crippen molar-refractivity contribution in [2.24, 2.45) is 0 Å². The predicted octanol–water partition coefficient (Wildman–Crippen LogP) is 2.43. The summed E-state index contributed by atoms with van der Waals surface area (Å²) in [5.41, 5.74) is -0.914. The summed E-state index contributed by atoms with van der Waals surface area (Å²) in [6, 6.07) is 0. The van der Waals surface area contributed by atoms with Crippen molar-refractivity contribution in [1.82, 2.24) is 4.98 Å². The lowest BCUT2D eigenvalue weighted by Gasteiger charge is -2.14. The Balaban J connectivity index is 3.38. The molecule has 0 saturated heterocycles. The van der Waals surface area contributed by atoms with Crippen LogP contribution in [0.4, 0.5) is 13.2 Å². The summed E-state index contributed by atoms with van der Waals surface area (Å²) < 4.78 is 44.6. The van der Waals surface area contributed by atoms with Gasteiger partial charge in [-0.1, -0.05) is 0 Å². The van der Waals surface area contributed by atoms with E-state index in [9.17, 15) is 18.0 Å². The number of nitrogens with zero attached hydrogens (tertiary/aromatic N) is 1. The number of carboxylic acids is 1. The summed E-state index contributed by atoms with van der Waals surface area (Å²) in [4.78, 5) is 14.3. The van der Waals surface area contributed by atoms with E-state index in [1.165, 1.54) is 0 Å². The molecule has 0 aromatic carbocycles. The predicted molar refractivity (Wildman–Crippen MR) is 54.0 cm³/mol. The van der Waals surface area contributed by atoms with Crippen molar-refractivity contribution in [1.29, 1.82) is 0 Å². The van der Waals surface area contributed by atoms with Gasteiger partial charge in [-0.2, -0.15) is 0 Å². The standard InChI is InChI=1S/C9H7ClF3NO4/c1-17-5-3-14-7(18-9(11,12)13)4(2-10)6(5)8(15)16/h3H,2H2,1H3,(H,15,16). The van der Waals surface area contributed by atoms with Gasteiger partial charge in [0, 0.05) is 5.56 Å². The van der Waals surface area contributed by atoms with E-state index in [1.54, 1.807) is 0 Å². The first-order valence-electron chi connectivity index (χ1n) is 4.41. The summed E-state index contributed by atoms with van der Waals surface area (Å²) in [6.45, 7) is 0. The second-order valence-corrected chi connectivity index (χ2v) is 3.24. The molecule has 1 aromatic heterocycles. The highest BCUT2D eigenvalue weighted by Crippen LogP contribution is 2.32. The number of alkyl halides is 4. The number of halogens is 4. The van der Waals surface area contributed by atoms with Crippen LogP contribution in [0.5, 0.6) is 11.6 Å². The largest absolute Gasteiger partial charge is 0.574 e. The summed E-state index contributed by atoms with van der Waals surface area (Å²) >= 11 is 5.43. The van der Waals surface area contributed by atoms with Gasteiger partial charge in [0.2, 0.25) is 5.88 Å². The van der Waals surface area contributed by atoms with Crippen LogP contribution >= 0.6 is 11.6 Å². The number of hydrogen-bond acceptors (Lipinski definition) is 4. The van der Waals surface area contributed by atoms with Crippen molar-refractivity contribution in [2.45, 2.75) is 12.2 Å². The third-order valence-electron chi connectivity index (χ3n) is 1.89. The maximum atomic E-state index is 12.1. The molecule has 0 amide bonds. The minimum absolute atomic E-state index is 0.201. The first-order chi connectivity index (χ1) is 8.30. The fraction of sp³-hybridized carbons (Fsp3) is 0.333. The minimum atomic E-state index is -4.99. The Morgan fingerprint density at radius 3 is 2.56 bits per heavy atom. The lowest BCUT2D eigenvalue weighted by molar-refractivity contribution is -0.276. The molecule has 0 unspecified atom stereocenters. The second kappa shape index (κ2) is 5.30. The first kappa shape index (κ1) is 14.4. The number of carbonyl (C=O) groups is 1. The van der Waals surface area contributed by atoms with Crippen molar-refractivity contribution in [2.75, 3.05) is 7.11 Å². The van der Waals surface area contributed by atoms with Crippen LogP contribution in [0.3, 0.4) is 0 Å². The van der Waals surface area contributed by atoms with E-state index >= 15 is 0 Å². The SMILES string of the molecule is COc1cnc(OC(F)(F)F)c(CCl)c1C(=O)O. The zero-order valence-electron chi connectivity index (χ0n) is 8.92. The molecule has 0 aliphatic rings. The molecule has 0 atom stereocenters. The number of rotatable bonds is 4. The molecule has 1 rings (SSSR count). The first-order valence-corrected chi connectivity index (χ1v) is 4.94. The smallest absolute Gasteiger partial charge is 0.494 e. The molecule has 5 nitrogen and oxygen atoms in total. The Morgan fingerprint density at radius 1 is 1.56 bits per heavy atom. The van der Waals surface area contributed by atoms with E-state index < -0.39 is 35.2 Å². The van der Waals surface area contributed by atoms with Crippen molar-refractivity contribution in [3.8, 4) is 11.6 Å². The molecular weight excluding hydrogens is 279 g/mol. The Morgan fingerprint density at radius 2 is 2.17 bits per heavy atom.